The minimum atomic E-state index is -2.89. The van der Waals surface area contributed by atoms with Gasteiger partial charge in [0.15, 0.2) is 0 Å². The van der Waals surface area contributed by atoms with E-state index in [1.165, 1.54) is 0 Å². The number of methoxy groups -OCH3 is 1. The molecule has 0 unspecified atom stereocenters. The fourth-order valence-corrected chi connectivity index (χ4v) is 0.901. The molecule has 1 aromatic rings. The summed E-state index contributed by atoms with van der Waals surface area (Å²) in [5.41, 5.74) is -1.15. The third kappa shape index (κ3) is 2.01. The Morgan fingerprint density at radius 1 is 1.57 bits per heavy atom. The van der Waals surface area contributed by atoms with Crippen molar-refractivity contribution in [2.45, 2.75) is 6.43 Å². The first-order chi connectivity index (χ1) is 6.56. The van der Waals surface area contributed by atoms with E-state index in [9.17, 15) is 18.0 Å². The Balaban J connectivity index is 3.22. The number of aromatic nitrogens is 1. The number of hydrogen-bond acceptors (Lipinski definition) is 3. The smallest absolute Gasteiger partial charge is 0.338 e. The van der Waals surface area contributed by atoms with Gasteiger partial charge in [0.2, 0.25) is 5.95 Å². The Morgan fingerprint density at radius 3 is 2.71 bits per heavy atom. The van der Waals surface area contributed by atoms with Crippen molar-refractivity contribution in [2.75, 3.05) is 7.11 Å². The van der Waals surface area contributed by atoms with Crippen LogP contribution in [0.25, 0.3) is 0 Å². The highest BCUT2D eigenvalue weighted by Gasteiger charge is 2.20. The van der Waals surface area contributed by atoms with Crippen molar-refractivity contribution in [3.63, 3.8) is 0 Å². The first-order valence-corrected chi connectivity index (χ1v) is 3.58. The largest absolute Gasteiger partial charge is 0.465 e. The zero-order chi connectivity index (χ0) is 10.7. The van der Waals surface area contributed by atoms with Crippen LogP contribution >= 0.6 is 0 Å². The molecule has 0 saturated heterocycles. The van der Waals surface area contributed by atoms with Crippen LogP contribution in [0.4, 0.5) is 13.2 Å². The SMILES string of the molecule is COC(=O)c1cc(F)ncc1C(F)F. The Labute approximate surface area is 77.5 Å². The van der Waals surface area contributed by atoms with Crippen LogP contribution in [-0.4, -0.2) is 18.1 Å². The average Bonchev–Trinajstić information content (AvgIpc) is 2.16. The van der Waals surface area contributed by atoms with E-state index in [0.29, 0.717) is 12.3 Å². The summed E-state index contributed by atoms with van der Waals surface area (Å²) in [5, 5.41) is 0. The summed E-state index contributed by atoms with van der Waals surface area (Å²) in [5.74, 6) is -2.02. The number of carbonyl (C=O) groups excluding carboxylic acids is 1. The second kappa shape index (κ2) is 4.08. The van der Waals surface area contributed by atoms with Crippen LogP contribution in [-0.2, 0) is 4.74 Å². The summed E-state index contributed by atoms with van der Waals surface area (Å²) in [7, 11) is 1.02. The molecule has 0 N–H and O–H groups in total. The van der Waals surface area contributed by atoms with Crippen molar-refractivity contribution >= 4 is 5.97 Å². The van der Waals surface area contributed by atoms with Gasteiger partial charge in [-0.1, -0.05) is 0 Å². The fraction of sp³-hybridized carbons (Fsp3) is 0.250. The van der Waals surface area contributed by atoms with Gasteiger partial charge in [0, 0.05) is 12.3 Å². The summed E-state index contributed by atoms with van der Waals surface area (Å²) < 4.78 is 41.3. The molecule has 6 heteroatoms. The van der Waals surface area contributed by atoms with Crippen LogP contribution in [0.15, 0.2) is 12.3 Å². The van der Waals surface area contributed by atoms with Gasteiger partial charge in [0.1, 0.15) is 0 Å². The van der Waals surface area contributed by atoms with Crippen LogP contribution in [0.3, 0.4) is 0 Å². The molecule has 3 nitrogen and oxygen atoms in total. The molecule has 0 spiro atoms. The molecule has 0 aliphatic carbocycles. The van der Waals surface area contributed by atoms with Crippen LogP contribution in [0.5, 0.6) is 0 Å². The molecule has 0 atom stereocenters. The van der Waals surface area contributed by atoms with Crippen molar-refractivity contribution in [1.29, 1.82) is 0 Å². The minimum Gasteiger partial charge on any atom is -0.465 e. The molecule has 0 amide bonds. The van der Waals surface area contributed by atoms with Crippen molar-refractivity contribution < 1.29 is 22.7 Å². The first kappa shape index (κ1) is 10.5. The molecule has 76 valence electrons. The maximum absolute atomic E-state index is 12.5. The molecule has 0 bridgehead atoms. The van der Waals surface area contributed by atoms with Gasteiger partial charge in [-0.2, -0.15) is 4.39 Å². The molecule has 0 aliphatic rings. The van der Waals surface area contributed by atoms with Crippen LogP contribution < -0.4 is 0 Å². The second-order valence-electron chi connectivity index (χ2n) is 2.39. The van der Waals surface area contributed by atoms with E-state index < -0.39 is 29.5 Å². The first-order valence-electron chi connectivity index (χ1n) is 3.58. The average molecular weight is 205 g/mol. The van der Waals surface area contributed by atoms with Gasteiger partial charge in [0.25, 0.3) is 6.43 Å². The Hall–Kier alpha value is -1.59. The number of hydrogen-bond donors (Lipinski definition) is 0. The van der Waals surface area contributed by atoms with Crippen LogP contribution in [0, 0.1) is 5.95 Å². The number of halogens is 3. The molecule has 1 aromatic heterocycles. The topological polar surface area (TPSA) is 39.2 Å². The standard InChI is InChI=1S/C8H6F3NO2/c1-14-8(13)4-2-6(9)12-3-5(4)7(10)11/h2-3,7H,1H3. The van der Waals surface area contributed by atoms with Crippen molar-refractivity contribution in [2.24, 2.45) is 0 Å². The van der Waals surface area contributed by atoms with Crippen molar-refractivity contribution in [3.05, 3.63) is 29.3 Å². The summed E-state index contributed by atoms with van der Waals surface area (Å²) in [6.07, 6.45) is -2.27. The lowest BCUT2D eigenvalue weighted by atomic mass is 10.1. The molecule has 1 rings (SSSR count). The van der Waals surface area contributed by atoms with Gasteiger partial charge in [-0.25, -0.2) is 18.6 Å². The van der Waals surface area contributed by atoms with E-state index in [1.54, 1.807) is 0 Å². The molecule has 0 fully saturated rings. The number of nitrogens with zero attached hydrogens (tertiary/aromatic N) is 1. The Kier molecular flexibility index (Phi) is 3.06. The van der Waals surface area contributed by atoms with E-state index in [4.69, 9.17) is 0 Å². The third-order valence-corrected chi connectivity index (χ3v) is 1.54. The second-order valence-corrected chi connectivity index (χ2v) is 2.39. The summed E-state index contributed by atoms with van der Waals surface area (Å²) in [6, 6.07) is 0.618. The van der Waals surface area contributed by atoms with E-state index in [1.807, 2.05) is 0 Å². The lowest BCUT2D eigenvalue weighted by Crippen LogP contribution is -2.07. The number of esters is 1. The molecule has 1 heterocycles. The number of alkyl halides is 2. The minimum absolute atomic E-state index is 0.505. The van der Waals surface area contributed by atoms with Crippen LogP contribution in [0.1, 0.15) is 22.3 Å². The molecule has 0 radical (unpaired) electrons. The van der Waals surface area contributed by atoms with Crippen molar-refractivity contribution in [3.8, 4) is 0 Å². The summed E-state index contributed by atoms with van der Waals surface area (Å²) in [4.78, 5) is 14.0. The highest BCUT2D eigenvalue weighted by molar-refractivity contribution is 5.90. The van der Waals surface area contributed by atoms with E-state index in [-0.39, 0.29) is 0 Å². The van der Waals surface area contributed by atoms with Gasteiger partial charge in [0.05, 0.1) is 18.2 Å². The molecule has 0 saturated carbocycles. The Bertz CT molecular complexity index is 354. The van der Waals surface area contributed by atoms with E-state index in [0.717, 1.165) is 7.11 Å². The fourth-order valence-electron chi connectivity index (χ4n) is 0.901. The third-order valence-electron chi connectivity index (χ3n) is 1.54. The molecule has 14 heavy (non-hydrogen) atoms. The zero-order valence-electron chi connectivity index (χ0n) is 7.13. The highest BCUT2D eigenvalue weighted by atomic mass is 19.3. The quantitative estimate of drug-likeness (QED) is 0.547. The van der Waals surface area contributed by atoms with Gasteiger partial charge >= 0.3 is 5.97 Å². The number of carbonyl (C=O) groups is 1. The monoisotopic (exact) mass is 205 g/mol. The zero-order valence-corrected chi connectivity index (χ0v) is 7.13. The maximum Gasteiger partial charge on any atom is 0.338 e. The van der Waals surface area contributed by atoms with E-state index in [2.05, 4.69) is 9.72 Å². The molecule has 0 aromatic carbocycles. The lowest BCUT2D eigenvalue weighted by Gasteiger charge is -2.05. The molecular weight excluding hydrogens is 199 g/mol. The van der Waals surface area contributed by atoms with Crippen molar-refractivity contribution in [1.82, 2.24) is 4.98 Å². The summed E-state index contributed by atoms with van der Waals surface area (Å²) in [6.45, 7) is 0. The van der Waals surface area contributed by atoms with Crippen LogP contribution in [0.2, 0.25) is 0 Å². The Morgan fingerprint density at radius 2 is 2.21 bits per heavy atom. The number of rotatable bonds is 2. The summed E-state index contributed by atoms with van der Waals surface area (Å²) >= 11 is 0. The maximum atomic E-state index is 12.5. The predicted octanol–water partition coefficient (Wildman–Crippen LogP) is 1.94. The molecular formula is C8H6F3NO2. The van der Waals surface area contributed by atoms with Gasteiger partial charge in [-0.3, -0.25) is 0 Å². The predicted molar refractivity (Wildman–Crippen MR) is 40.5 cm³/mol. The molecule has 0 aliphatic heterocycles. The number of pyridine rings is 1. The van der Waals surface area contributed by atoms with E-state index >= 15 is 0 Å². The number of ether oxygens (including phenoxy) is 1. The van der Waals surface area contributed by atoms with Gasteiger partial charge in [-0.15, -0.1) is 0 Å². The normalized spacial score (nSPS) is 10.4. The lowest BCUT2D eigenvalue weighted by molar-refractivity contribution is 0.0588. The highest BCUT2D eigenvalue weighted by Crippen LogP contribution is 2.22. The van der Waals surface area contributed by atoms with Gasteiger partial charge in [-0.05, 0) is 0 Å². The van der Waals surface area contributed by atoms with Gasteiger partial charge < -0.3 is 4.74 Å².